The Morgan fingerprint density at radius 1 is 1.13 bits per heavy atom. The van der Waals surface area contributed by atoms with E-state index in [2.05, 4.69) is 12.2 Å². The van der Waals surface area contributed by atoms with Gasteiger partial charge in [0.15, 0.2) is 0 Å². The molecule has 6 nitrogen and oxygen atoms in total. The lowest BCUT2D eigenvalue weighted by atomic mass is 9.90. The average Bonchev–Trinajstić information content (AvgIpc) is 2.71. The Bertz CT molecular complexity index is 511. The summed E-state index contributed by atoms with van der Waals surface area (Å²) in [6, 6.07) is 0. The third-order valence-corrected chi connectivity index (χ3v) is 7.08. The predicted molar refractivity (Wildman–Crippen MR) is 91.2 cm³/mol. The van der Waals surface area contributed by atoms with Gasteiger partial charge in [-0.3, -0.25) is 4.79 Å². The smallest absolute Gasteiger partial charge is 0.281 e. The van der Waals surface area contributed by atoms with Crippen molar-refractivity contribution in [3.05, 3.63) is 0 Å². The summed E-state index contributed by atoms with van der Waals surface area (Å²) in [5.74, 6) is -0.216. The van der Waals surface area contributed by atoms with E-state index in [1.165, 1.54) is 35.5 Å². The molecule has 23 heavy (non-hydrogen) atoms. The van der Waals surface area contributed by atoms with Crippen LogP contribution in [-0.2, 0) is 15.0 Å². The van der Waals surface area contributed by atoms with Crippen LogP contribution in [0.4, 0.5) is 0 Å². The Hall–Kier alpha value is -0.660. The van der Waals surface area contributed by atoms with Crippen LogP contribution in [0.25, 0.3) is 0 Å². The van der Waals surface area contributed by atoms with Crippen molar-refractivity contribution < 1.29 is 13.2 Å². The molecule has 2 aliphatic rings. The monoisotopic (exact) mass is 345 g/mol. The summed E-state index contributed by atoms with van der Waals surface area (Å²) in [5.41, 5.74) is -0.129. The zero-order chi connectivity index (χ0) is 17.1. The molecule has 1 amide bonds. The molecular formula is C16H31N3O3S. The van der Waals surface area contributed by atoms with Gasteiger partial charge in [-0.15, -0.1) is 0 Å². The molecule has 0 aromatic rings. The maximum absolute atomic E-state index is 12.7. The van der Waals surface area contributed by atoms with Crippen molar-refractivity contribution in [2.24, 2.45) is 5.92 Å². The number of carbonyl (C=O) groups is 1. The van der Waals surface area contributed by atoms with Gasteiger partial charge in [0.25, 0.3) is 10.2 Å². The summed E-state index contributed by atoms with van der Waals surface area (Å²) < 4.78 is 27.2. The minimum Gasteiger partial charge on any atom is -0.351 e. The highest BCUT2D eigenvalue weighted by molar-refractivity contribution is 7.86. The molecule has 1 atom stereocenters. The van der Waals surface area contributed by atoms with E-state index >= 15 is 0 Å². The third kappa shape index (κ3) is 4.67. The van der Waals surface area contributed by atoms with Crippen LogP contribution in [0.5, 0.6) is 0 Å². The van der Waals surface area contributed by atoms with E-state index in [4.69, 9.17) is 0 Å². The van der Waals surface area contributed by atoms with Crippen molar-refractivity contribution in [2.75, 3.05) is 27.2 Å². The molecule has 2 fully saturated rings. The van der Waals surface area contributed by atoms with Crippen LogP contribution >= 0.6 is 0 Å². The molecule has 1 heterocycles. The van der Waals surface area contributed by atoms with E-state index in [1.54, 1.807) is 0 Å². The first-order chi connectivity index (χ1) is 10.7. The third-order valence-electron chi connectivity index (χ3n) is 5.17. The summed E-state index contributed by atoms with van der Waals surface area (Å²) in [7, 11) is -0.367. The molecule has 0 unspecified atom stereocenters. The molecule has 1 aliphatic carbocycles. The maximum atomic E-state index is 12.7. The molecule has 2 rings (SSSR count). The molecule has 0 spiro atoms. The number of amides is 1. The second kappa shape index (κ2) is 7.49. The van der Waals surface area contributed by atoms with Gasteiger partial charge in [-0.2, -0.15) is 17.0 Å². The van der Waals surface area contributed by atoms with Crippen molar-refractivity contribution in [2.45, 2.75) is 63.8 Å². The highest BCUT2D eigenvalue weighted by Gasteiger charge is 2.36. The number of piperidine rings is 1. The van der Waals surface area contributed by atoms with Crippen molar-refractivity contribution in [1.29, 1.82) is 0 Å². The number of hydrogen-bond acceptors (Lipinski definition) is 3. The molecule has 1 N–H and O–H groups in total. The first-order valence-corrected chi connectivity index (χ1v) is 10.1. The van der Waals surface area contributed by atoms with Crippen LogP contribution in [0.3, 0.4) is 0 Å². The first-order valence-electron chi connectivity index (χ1n) is 8.74. The predicted octanol–water partition coefficient (Wildman–Crippen LogP) is 1.73. The zero-order valence-corrected chi connectivity index (χ0v) is 15.5. The van der Waals surface area contributed by atoms with Crippen LogP contribution in [0.2, 0.25) is 0 Å². The molecule has 0 aromatic heterocycles. The van der Waals surface area contributed by atoms with Crippen molar-refractivity contribution in [3.63, 3.8) is 0 Å². The summed E-state index contributed by atoms with van der Waals surface area (Å²) in [6.07, 6.45) is 8.33. The number of carbonyl (C=O) groups excluding carboxylic acids is 1. The van der Waals surface area contributed by atoms with E-state index in [9.17, 15) is 13.2 Å². The zero-order valence-electron chi connectivity index (χ0n) is 14.7. The Balaban J connectivity index is 1.99. The van der Waals surface area contributed by atoms with E-state index in [1.807, 2.05) is 0 Å². The Labute approximate surface area is 140 Å². The highest BCUT2D eigenvalue weighted by Crippen LogP contribution is 2.28. The van der Waals surface area contributed by atoms with E-state index in [0.717, 1.165) is 38.5 Å². The largest absolute Gasteiger partial charge is 0.351 e. The lowest BCUT2D eigenvalue weighted by Gasteiger charge is -2.36. The standard InChI is InChI=1S/C16H31N3O3S/c1-16(10-6-4-5-7-11-16)17-15(20)14-9-8-12-19(13-14)23(21,22)18(2)3/h14H,4-13H2,1-3H3,(H,17,20)/t14-/m1/s1. The van der Waals surface area contributed by atoms with Crippen molar-refractivity contribution in [1.82, 2.24) is 13.9 Å². The second-order valence-corrected chi connectivity index (χ2v) is 9.59. The van der Waals surface area contributed by atoms with Gasteiger partial charge in [0.1, 0.15) is 0 Å². The number of hydrogen-bond donors (Lipinski definition) is 1. The summed E-state index contributed by atoms with van der Waals surface area (Å²) in [4.78, 5) is 12.7. The fourth-order valence-electron chi connectivity index (χ4n) is 3.63. The van der Waals surface area contributed by atoms with Gasteiger partial charge in [0, 0.05) is 32.7 Å². The molecule has 7 heteroatoms. The highest BCUT2D eigenvalue weighted by atomic mass is 32.2. The Morgan fingerprint density at radius 3 is 2.30 bits per heavy atom. The molecule has 1 saturated carbocycles. The second-order valence-electron chi connectivity index (χ2n) is 7.45. The van der Waals surface area contributed by atoms with Gasteiger partial charge < -0.3 is 5.32 Å². The molecule has 134 valence electrons. The Kier molecular flexibility index (Phi) is 6.08. The molecular weight excluding hydrogens is 314 g/mol. The SMILES string of the molecule is CN(C)S(=O)(=O)N1CCC[C@@H](C(=O)NC2(C)CCCCCC2)C1. The summed E-state index contributed by atoms with van der Waals surface area (Å²) in [6.45, 7) is 2.93. The molecule has 1 aliphatic heterocycles. The van der Waals surface area contributed by atoms with Crippen LogP contribution in [0.15, 0.2) is 0 Å². The number of nitrogens with one attached hydrogen (secondary N) is 1. The molecule has 0 radical (unpaired) electrons. The van der Waals surface area contributed by atoms with Gasteiger partial charge >= 0.3 is 0 Å². The fraction of sp³-hybridized carbons (Fsp3) is 0.938. The quantitative estimate of drug-likeness (QED) is 0.789. The van der Waals surface area contributed by atoms with E-state index < -0.39 is 10.2 Å². The van der Waals surface area contributed by atoms with Crippen molar-refractivity contribution in [3.8, 4) is 0 Å². The molecule has 1 saturated heterocycles. The van der Waals surface area contributed by atoms with Gasteiger partial charge in [0.05, 0.1) is 5.92 Å². The van der Waals surface area contributed by atoms with Gasteiger partial charge in [0.2, 0.25) is 5.91 Å². The summed E-state index contributed by atoms with van der Waals surface area (Å²) in [5, 5.41) is 3.23. The van der Waals surface area contributed by atoms with Gasteiger partial charge in [-0.25, -0.2) is 0 Å². The van der Waals surface area contributed by atoms with E-state index in [0.29, 0.717) is 13.1 Å². The number of nitrogens with zero attached hydrogens (tertiary/aromatic N) is 2. The topological polar surface area (TPSA) is 69.7 Å². The van der Waals surface area contributed by atoms with Crippen molar-refractivity contribution >= 4 is 16.1 Å². The lowest BCUT2D eigenvalue weighted by molar-refractivity contribution is -0.128. The Morgan fingerprint density at radius 2 is 1.74 bits per heavy atom. The lowest BCUT2D eigenvalue weighted by Crippen LogP contribution is -2.53. The first kappa shape index (κ1) is 18.7. The number of rotatable bonds is 4. The minimum absolute atomic E-state index is 0.0213. The van der Waals surface area contributed by atoms with Gasteiger partial charge in [-0.05, 0) is 32.6 Å². The fourth-order valence-corrected chi connectivity index (χ4v) is 4.82. The van der Waals surface area contributed by atoms with Gasteiger partial charge in [-0.1, -0.05) is 25.7 Å². The molecule has 0 aromatic carbocycles. The van der Waals surface area contributed by atoms with Crippen LogP contribution in [0.1, 0.15) is 58.3 Å². The normalized spacial score (nSPS) is 26.7. The maximum Gasteiger partial charge on any atom is 0.281 e. The minimum atomic E-state index is -3.43. The van der Waals surface area contributed by atoms with Crippen LogP contribution < -0.4 is 5.32 Å². The summed E-state index contributed by atoms with van der Waals surface area (Å²) >= 11 is 0. The average molecular weight is 346 g/mol. The van der Waals surface area contributed by atoms with E-state index in [-0.39, 0.29) is 17.4 Å². The van der Waals surface area contributed by atoms with Crippen LogP contribution in [0, 0.1) is 5.92 Å². The molecule has 0 bridgehead atoms. The van der Waals surface area contributed by atoms with Crippen LogP contribution in [-0.4, -0.2) is 55.7 Å².